The summed E-state index contributed by atoms with van der Waals surface area (Å²) in [6.07, 6.45) is 7.38. The lowest BCUT2D eigenvalue weighted by atomic mass is 10.1. The number of aldehydes is 1. The molecule has 3 heterocycles. The minimum atomic E-state index is -1.69. The number of hydrogen-bond donors (Lipinski definition) is 2. The highest BCUT2D eigenvalue weighted by atomic mass is 35.6. The van der Waals surface area contributed by atoms with Crippen LogP contribution in [0.15, 0.2) is 42.9 Å². The van der Waals surface area contributed by atoms with Crippen molar-refractivity contribution in [2.45, 2.75) is 23.6 Å². The van der Waals surface area contributed by atoms with E-state index in [2.05, 4.69) is 30.6 Å². The number of halogens is 3. The summed E-state index contributed by atoms with van der Waals surface area (Å²) < 4.78 is 3.18. The Labute approximate surface area is 217 Å². The van der Waals surface area contributed by atoms with Crippen LogP contribution in [-0.4, -0.2) is 49.8 Å². The molecule has 4 rings (SSSR count). The lowest BCUT2D eigenvalue weighted by molar-refractivity contribution is -0.108. The quantitative estimate of drug-likeness (QED) is 0.314. The highest BCUT2D eigenvalue weighted by Gasteiger charge is 2.22. The van der Waals surface area contributed by atoms with Crippen LogP contribution in [0.2, 0.25) is 0 Å². The first kappa shape index (κ1) is 26.6. The van der Waals surface area contributed by atoms with Crippen molar-refractivity contribution in [3.05, 3.63) is 48.5 Å². The molecule has 1 aliphatic carbocycles. The summed E-state index contributed by atoms with van der Waals surface area (Å²) in [5.41, 5.74) is 3.34. The molecule has 0 aliphatic heterocycles. The Kier molecular flexibility index (Phi) is 9.20. The van der Waals surface area contributed by atoms with Crippen molar-refractivity contribution < 1.29 is 14.3 Å². The number of ether oxygens (including phenoxy) is 1. The highest BCUT2D eigenvalue weighted by molar-refractivity contribution is 6.67. The monoisotopic (exact) mass is 536 g/mol. The minimum Gasteiger partial charge on any atom is -0.445 e. The first-order valence-corrected chi connectivity index (χ1v) is 11.7. The van der Waals surface area contributed by atoms with Crippen LogP contribution in [0.4, 0.5) is 16.3 Å². The van der Waals surface area contributed by atoms with E-state index < -0.39 is 9.89 Å². The summed E-state index contributed by atoms with van der Waals surface area (Å²) in [7, 11) is 1.80. The molecule has 184 valence electrons. The van der Waals surface area contributed by atoms with Gasteiger partial charge in [0.25, 0.3) is 0 Å². The van der Waals surface area contributed by atoms with Crippen molar-refractivity contribution in [3.8, 4) is 22.6 Å². The van der Waals surface area contributed by atoms with E-state index in [1.54, 1.807) is 31.6 Å². The van der Waals surface area contributed by atoms with Crippen molar-refractivity contribution in [1.82, 2.24) is 19.9 Å². The predicted molar refractivity (Wildman–Crippen MR) is 137 cm³/mol. The number of carbonyl (C=O) groups excluding carboxylic acids is 2. The van der Waals surface area contributed by atoms with E-state index in [0.717, 1.165) is 36.2 Å². The second kappa shape index (κ2) is 12.1. The largest absolute Gasteiger partial charge is 0.445 e. The number of nitrogens with one attached hydrogen (secondary N) is 2. The number of aromatic nitrogens is 4. The molecule has 12 heteroatoms. The van der Waals surface area contributed by atoms with Crippen molar-refractivity contribution in [3.63, 3.8) is 0 Å². The molecule has 0 saturated heterocycles. The zero-order chi connectivity index (χ0) is 25.4. The zero-order valence-corrected chi connectivity index (χ0v) is 21.2. The molecule has 3 aromatic rings. The molecule has 3 aromatic heterocycles. The molecule has 1 amide bonds. The third-order valence-electron chi connectivity index (χ3n) is 4.72. The van der Waals surface area contributed by atoms with Gasteiger partial charge < -0.3 is 14.8 Å². The highest BCUT2D eigenvalue weighted by Crippen LogP contribution is 2.27. The van der Waals surface area contributed by atoms with Crippen molar-refractivity contribution in [2.24, 2.45) is 5.92 Å². The van der Waals surface area contributed by atoms with Crippen LogP contribution in [0.25, 0.3) is 22.6 Å². The van der Waals surface area contributed by atoms with Gasteiger partial charge in [-0.15, -0.1) is 0 Å². The molecule has 1 fully saturated rings. The molecular formula is C23H23Cl3N6O3. The normalized spacial score (nSPS) is 12.7. The number of pyridine rings is 2. The Hall–Kier alpha value is -3.01. The summed E-state index contributed by atoms with van der Waals surface area (Å²) >= 11 is 16.7. The molecule has 2 N–H and O–H groups in total. The van der Waals surface area contributed by atoms with Gasteiger partial charge in [0, 0.05) is 42.2 Å². The van der Waals surface area contributed by atoms with Crippen molar-refractivity contribution in [1.29, 1.82) is 0 Å². The number of amides is 1. The number of rotatable bonds is 6. The number of hydrogen-bond acceptors (Lipinski definition) is 8. The van der Waals surface area contributed by atoms with Gasteiger partial charge in [0.05, 0.1) is 17.6 Å². The molecule has 35 heavy (non-hydrogen) atoms. The Morgan fingerprint density at radius 1 is 1.17 bits per heavy atom. The van der Waals surface area contributed by atoms with Crippen LogP contribution in [0.3, 0.4) is 0 Å². The maximum absolute atomic E-state index is 11.9. The summed E-state index contributed by atoms with van der Waals surface area (Å²) in [4.78, 5) is 39.0. The molecule has 0 spiro atoms. The summed E-state index contributed by atoms with van der Waals surface area (Å²) in [5.74, 6) is 1.64. The first-order valence-electron chi connectivity index (χ1n) is 10.6. The van der Waals surface area contributed by atoms with Crippen LogP contribution in [0.1, 0.15) is 18.5 Å². The van der Waals surface area contributed by atoms with E-state index in [9.17, 15) is 9.59 Å². The molecule has 0 unspecified atom stereocenters. The lowest BCUT2D eigenvalue weighted by Gasteiger charge is -2.13. The molecule has 9 nitrogen and oxygen atoms in total. The van der Waals surface area contributed by atoms with Gasteiger partial charge in [0.2, 0.25) is 3.79 Å². The smallest absolute Gasteiger partial charge is 0.411 e. The number of aryl methyl sites for hydroxylation is 1. The molecular weight excluding hydrogens is 515 g/mol. The van der Waals surface area contributed by atoms with Crippen LogP contribution in [0.5, 0.6) is 0 Å². The van der Waals surface area contributed by atoms with E-state index in [0.29, 0.717) is 28.7 Å². The predicted octanol–water partition coefficient (Wildman–Crippen LogP) is 5.46. The summed E-state index contributed by atoms with van der Waals surface area (Å²) in [6.45, 7) is 1.43. The molecule has 0 bridgehead atoms. The average Bonchev–Trinajstić information content (AvgIpc) is 3.69. The Bertz CT molecular complexity index is 1190. The zero-order valence-electron chi connectivity index (χ0n) is 19.0. The molecule has 1 saturated carbocycles. The third kappa shape index (κ3) is 8.61. The van der Waals surface area contributed by atoms with E-state index in [1.807, 2.05) is 19.1 Å². The fourth-order valence-electron chi connectivity index (χ4n) is 2.74. The first-order chi connectivity index (χ1) is 16.7. The van der Waals surface area contributed by atoms with E-state index in [4.69, 9.17) is 39.5 Å². The van der Waals surface area contributed by atoms with Crippen LogP contribution in [-0.2, 0) is 9.53 Å². The van der Waals surface area contributed by atoms with Crippen LogP contribution >= 0.6 is 34.8 Å². The van der Waals surface area contributed by atoms with Gasteiger partial charge in [-0.1, -0.05) is 34.8 Å². The second-order valence-corrected chi connectivity index (χ2v) is 10.1. The molecule has 0 aromatic carbocycles. The van der Waals surface area contributed by atoms with Crippen molar-refractivity contribution >= 4 is 58.7 Å². The fraction of sp³-hybridized carbons (Fsp3) is 0.304. The van der Waals surface area contributed by atoms with Gasteiger partial charge in [0.1, 0.15) is 18.7 Å². The summed E-state index contributed by atoms with van der Waals surface area (Å²) in [6, 6.07) is 7.24. The van der Waals surface area contributed by atoms with Gasteiger partial charge in [-0.2, -0.15) is 0 Å². The Morgan fingerprint density at radius 3 is 2.54 bits per heavy atom. The average molecular weight is 538 g/mol. The number of nitrogens with zero attached hydrogens (tertiary/aromatic N) is 4. The fourth-order valence-corrected chi connectivity index (χ4v) is 2.90. The second-order valence-electron chi connectivity index (χ2n) is 7.59. The maximum atomic E-state index is 11.9. The third-order valence-corrected chi connectivity index (χ3v) is 5.05. The Morgan fingerprint density at radius 2 is 1.91 bits per heavy atom. The SMILES string of the molecule is CNc1cc(-c2ccnc(-c3cc(NC(=O)OCC(Cl)(Cl)Cl)cnc3C)n2)ccn1.O=CC1CC1. The number of carbonyl (C=O) groups is 2. The van der Waals surface area contributed by atoms with Gasteiger partial charge in [-0.25, -0.2) is 19.7 Å². The van der Waals surface area contributed by atoms with E-state index >= 15 is 0 Å². The molecule has 0 radical (unpaired) electrons. The van der Waals surface area contributed by atoms with Crippen molar-refractivity contribution in [2.75, 3.05) is 24.3 Å². The maximum Gasteiger partial charge on any atom is 0.411 e. The topological polar surface area (TPSA) is 119 Å². The van der Waals surface area contributed by atoms with Crippen LogP contribution in [0, 0.1) is 12.8 Å². The molecule has 1 aliphatic rings. The molecule has 0 atom stereocenters. The minimum absolute atomic E-state index is 0.388. The number of anilines is 2. The van der Waals surface area contributed by atoms with Gasteiger partial charge in [-0.3, -0.25) is 10.3 Å². The van der Waals surface area contributed by atoms with Gasteiger partial charge >= 0.3 is 6.09 Å². The number of alkyl halides is 3. The summed E-state index contributed by atoms with van der Waals surface area (Å²) in [5, 5.41) is 5.54. The van der Waals surface area contributed by atoms with E-state index in [1.165, 1.54) is 6.20 Å². The van der Waals surface area contributed by atoms with Gasteiger partial charge in [-0.05, 0) is 44.0 Å². The van der Waals surface area contributed by atoms with E-state index in [-0.39, 0.29) is 6.61 Å². The standard InChI is InChI=1S/C19H17Cl3N6O2.C4H6O/c1-11-14(8-13(9-26-11)27-18(29)30-10-19(20,21)22)17-25-6-4-15(28-17)12-3-5-24-16(7-12)23-2;5-3-4-1-2-4/h3-9H,10H2,1-2H3,(H,23,24)(H,27,29);3-4H,1-2H2. The Balaban J connectivity index is 0.000000607. The van der Waals surface area contributed by atoms with Gasteiger partial charge in [0.15, 0.2) is 5.82 Å². The van der Waals surface area contributed by atoms with Crippen LogP contribution < -0.4 is 10.6 Å². The lowest BCUT2D eigenvalue weighted by Crippen LogP contribution is -2.21.